The number of amides is 2. The Labute approximate surface area is 169 Å². The average molecular weight is 404 g/mol. The Balaban J connectivity index is 1.95. The average Bonchev–Trinajstić information content (AvgIpc) is 2.73. The predicted molar refractivity (Wildman–Crippen MR) is 110 cm³/mol. The molecule has 28 heavy (non-hydrogen) atoms. The number of thioether (sulfide) groups is 1. The number of rotatable bonds is 11. The van der Waals surface area contributed by atoms with Gasteiger partial charge in [-0.05, 0) is 48.1 Å². The van der Waals surface area contributed by atoms with E-state index in [9.17, 15) is 9.59 Å². The molecule has 0 saturated heterocycles. The van der Waals surface area contributed by atoms with Gasteiger partial charge in [0, 0.05) is 7.11 Å². The summed E-state index contributed by atoms with van der Waals surface area (Å²) in [6.07, 6.45) is 2.57. The molecule has 0 aliphatic heterocycles. The number of hydrogen-bond acceptors (Lipinski definition) is 6. The first-order valence-corrected chi connectivity index (χ1v) is 10.0. The Morgan fingerprint density at radius 3 is 2.50 bits per heavy atom. The van der Waals surface area contributed by atoms with Gasteiger partial charge in [0.15, 0.2) is 0 Å². The first-order chi connectivity index (χ1) is 13.6. The van der Waals surface area contributed by atoms with Crippen LogP contribution >= 0.6 is 11.8 Å². The van der Waals surface area contributed by atoms with Crippen LogP contribution in [0.3, 0.4) is 0 Å². The molecule has 2 aromatic carbocycles. The molecule has 6 nitrogen and oxygen atoms in total. The second-order valence-corrected chi connectivity index (χ2v) is 7.05. The van der Waals surface area contributed by atoms with Crippen molar-refractivity contribution in [3.8, 4) is 11.5 Å². The number of carbonyl (C=O) groups excluding carboxylic acids is 2. The van der Waals surface area contributed by atoms with Gasteiger partial charge < -0.3 is 14.2 Å². The van der Waals surface area contributed by atoms with Crippen molar-refractivity contribution in [3.05, 3.63) is 59.7 Å². The van der Waals surface area contributed by atoms with Gasteiger partial charge in [-0.15, -0.1) is 0 Å². The van der Waals surface area contributed by atoms with Crippen LogP contribution in [0.15, 0.2) is 48.5 Å². The van der Waals surface area contributed by atoms with Crippen molar-refractivity contribution >= 4 is 24.1 Å². The maximum absolute atomic E-state index is 11.8. The molecule has 0 saturated carbocycles. The monoisotopic (exact) mass is 403 g/mol. The van der Waals surface area contributed by atoms with Crippen molar-refractivity contribution in [3.63, 3.8) is 0 Å². The van der Waals surface area contributed by atoms with E-state index in [4.69, 9.17) is 14.2 Å². The normalized spacial score (nSPS) is 12.7. The van der Waals surface area contributed by atoms with Gasteiger partial charge in [0.1, 0.15) is 24.2 Å². The molecular weight excluding hydrogens is 378 g/mol. The fourth-order valence-electron chi connectivity index (χ4n) is 2.68. The Hall–Kier alpha value is -2.51. The van der Waals surface area contributed by atoms with Crippen LogP contribution in [0.25, 0.3) is 0 Å². The lowest BCUT2D eigenvalue weighted by Gasteiger charge is -2.18. The maximum Gasteiger partial charge on any atom is 0.239 e. The number of methoxy groups -OCH3 is 2. The standard InChI is InChI=1S/C21H25NO5S/c1-25-18-6-4-5-16(12-18)19(26-2)13-27-17-9-7-15(8-10-17)11-20(28-3)21(24)22-14-23/h4-10,12,14,19-20H,11,13H2,1-3H3,(H,22,23,24). The molecule has 0 bridgehead atoms. The van der Waals surface area contributed by atoms with Crippen molar-refractivity contribution in [1.29, 1.82) is 0 Å². The third-order valence-electron chi connectivity index (χ3n) is 4.27. The van der Waals surface area contributed by atoms with E-state index >= 15 is 0 Å². The quantitative estimate of drug-likeness (QED) is 0.582. The zero-order chi connectivity index (χ0) is 20.4. The Kier molecular flexibility index (Phi) is 8.84. The Bertz CT molecular complexity index is 766. The first-order valence-electron chi connectivity index (χ1n) is 8.76. The highest BCUT2D eigenvalue weighted by molar-refractivity contribution is 7.99. The van der Waals surface area contributed by atoms with E-state index in [1.165, 1.54) is 11.8 Å². The second-order valence-electron chi connectivity index (χ2n) is 6.01. The highest BCUT2D eigenvalue weighted by atomic mass is 32.2. The van der Waals surface area contributed by atoms with Gasteiger partial charge in [0.25, 0.3) is 0 Å². The molecular formula is C21H25NO5S. The van der Waals surface area contributed by atoms with Crippen molar-refractivity contribution in [1.82, 2.24) is 5.32 Å². The van der Waals surface area contributed by atoms with Crippen LogP contribution in [0.5, 0.6) is 11.5 Å². The van der Waals surface area contributed by atoms with Crippen LogP contribution in [0.2, 0.25) is 0 Å². The van der Waals surface area contributed by atoms with E-state index in [2.05, 4.69) is 5.32 Å². The minimum atomic E-state index is -0.317. The molecule has 2 amide bonds. The molecule has 0 aromatic heterocycles. The zero-order valence-electron chi connectivity index (χ0n) is 16.2. The summed E-state index contributed by atoms with van der Waals surface area (Å²) in [5, 5.41) is 1.89. The van der Waals surface area contributed by atoms with Gasteiger partial charge in [-0.2, -0.15) is 11.8 Å². The van der Waals surface area contributed by atoms with Crippen molar-refractivity contribution in [2.45, 2.75) is 17.8 Å². The van der Waals surface area contributed by atoms with Gasteiger partial charge in [-0.3, -0.25) is 14.9 Å². The van der Waals surface area contributed by atoms with Crippen molar-refractivity contribution in [2.24, 2.45) is 0 Å². The molecule has 0 aliphatic rings. The number of hydrogen-bond donors (Lipinski definition) is 1. The summed E-state index contributed by atoms with van der Waals surface area (Å²) in [5.41, 5.74) is 1.96. The highest BCUT2D eigenvalue weighted by Gasteiger charge is 2.17. The van der Waals surface area contributed by atoms with Gasteiger partial charge in [-0.25, -0.2) is 0 Å². The summed E-state index contributed by atoms with van der Waals surface area (Å²) in [4.78, 5) is 22.3. The number of carbonyl (C=O) groups is 2. The number of benzene rings is 2. The van der Waals surface area contributed by atoms with E-state index in [0.717, 1.165) is 16.9 Å². The second kappa shape index (κ2) is 11.4. The van der Waals surface area contributed by atoms with E-state index in [1.807, 2.05) is 54.8 Å². The van der Waals surface area contributed by atoms with Gasteiger partial charge in [-0.1, -0.05) is 24.3 Å². The van der Waals surface area contributed by atoms with Crippen LogP contribution in [0.1, 0.15) is 17.2 Å². The lowest BCUT2D eigenvalue weighted by molar-refractivity contribution is -0.124. The predicted octanol–water partition coefficient (Wildman–Crippen LogP) is 3.01. The van der Waals surface area contributed by atoms with Gasteiger partial charge >= 0.3 is 0 Å². The molecule has 0 heterocycles. The molecule has 7 heteroatoms. The number of ether oxygens (including phenoxy) is 3. The number of nitrogens with one attached hydrogen (secondary N) is 1. The van der Waals surface area contributed by atoms with Crippen molar-refractivity contribution < 1.29 is 23.8 Å². The molecule has 0 aliphatic carbocycles. The smallest absolute Gasteiger partial charge is 0.239 e. The van der Waals surface area contributed by atoms with Gasteiger partial charge in [0.2, 0.25) is 12.3 Å². The minimum Gasteiger partial charge on any atom is -0.497 e. The highest BCUT2D eigenvalue weighted by Crippen LogP contribution is 2.23. The topological polar surface area (TPSA) is 73.9 Å². The number of imide groups is 1. The minimum absolute atomic E-state index is 0.220. The van der Waals surface area contributed by atoms with Crippen molar-refractivity contribution in [2.75, 3.05) is 27.1 Å². The summed E-state index contributed by atoms with van der Waals surface area (Å²) < 4.78 is 16.7. The summed E-state index contributed by atoms with van der Waals surface area (Å²) in [6.45, 7) is 0.359. The van der Waals surface area contributed by atoms with Crippen LogP contribution in [-0.2, 0) is 20.7 Å². The largest absolute Gasteiger partial charge is 0.497 e. The molecule has 1 N–H and O–H groups in total. The van der Waals surface area contributed by atoms with Gasteiger partial charge in [0.05, 0.1) is 12.4 Å². The Morgan fingerprint density at radius 1 is 1.14 bits per heavy atom. The molecule has 0 fully saturated rings. The molecule has 150 valence electrons. The SMILES string of the molecule is COc1cccc(C(COc2ccc(CC(SC)C(=O)NC=O)cc2)OC)c1. The lowest BCUT2D eigenvalue weighted by Crippen LogP contribution is -2.32. The van der Waals surface area contributed by atoms with Crippen LogP contribution in [0.4, 0.5) is 0 Å². The third kappa shape index (κ3) is 6.28. The summed E-state index contributed by atoms with van der Waals surface area (Å²) in [6, 6.07) is 15.3. The van der Waals surface area contributed by atoms with Crippen LogP contribution < -0.4 is 14.8 Å². The fraction of sp³-hybridized carbons (Fsp3) is 0.333. The summed E-state index contributed by atoms with van der Waals surface area (Å²) >= 11 is 1.41. The fourth-order valence-corrected chi connectivity index (χ4v) is 3.33. The van der Waals surface area contributed by atoms with E-state index < -0.39 is 0 Å². The summed E-state index contributed by atoms with van der Waals surface area (Å²) in [7, 11) is 3.27. The molecule has 2 atom stereocenters. The molecule has 0 radical (unpaired) electrons. The molecule has 2 rings (SSSR count). The molecule has 0 spiro atoms. The van der Waals surface area contributed by atoms with Crippen LogP contribution in [-0.4, -0.2) is 44.6 Å². The maximum atomic E-state index is 11.8. The van der Waals surface area contributed by atoms with E-state index in [-0.39, 0.29) is 17.3 Å². The third-order valence-corrected chi connectivity index (χ3v) is 5.22. The summed E-state index contributed by atoms with van der Waals surface area (Å²) in [5.74, 6) is 1.20. The zero-order valence-corrected chi connectivity index (χ0v) is 17.0. The van der Waals surface area contributed by atoms with E-state index in [1.54, 1.807) is 14.2 Å². The lowest BCUT2D eigenvalue weighted by atomic mass is 10.1. The molecule has 2 aromatic rings. The Morgan fingerprint density at radius 2 is 1.89 bits per heavy atom. The molecule has 2 unspecified atom stereocenters. The van der Waals surface area contributed by atoms with Crippen LogP contribution in [0, 0.1) is 0 Å². The first kappa shape index (κ1) is 21.8. The van der Waals surface area contributed by atoms with E-state index in [0.29, 0.717) is 25.2 Å².